The molecular weight excluding hydrogens is 404 g/mol. The van der Waals surface area contributed by atoms with Crippen LogP contribution in [0.15, 0.2) is 60.7 Å². The van der Waals surface area contributed by atoms with Crippen LogP contribution < -0.4 is 5.32 Å². The number of amides is 2. The van der Waals surface area contributed by atoms with Gasteiger partial charge < -0.3 is 15.3 Å². The standard InChI is InChI=1S/C22H22N2O5S/c25-19(15-8-3-1-4-9-15)23-17(14-30-22(29)16-10-5-2-6-11-16)20(26)24-13-7-12-18(24)21(27)28/h1-6,8-11,17-18H,7,12-14H2,(H,23,25)(H,27,28)/t17?,18-/m0/s1. The summed E-state index contributed by atoms with van der Waals surface area (Å²) in [5.41, 5.74) is 0.874. The van der Waals surface area contributed by atoms with E-state index in [0.29, 0.717) is 30.5 Å². The molecule has 1 aliphatic rings. The van der Waals surface area contributed by atoms with Crippen molar-refractivity contribution in [2.45, 2.75) is 24.9 Å². The van der Waals surface area contributed by atoms with Crippen molar-refractivity contribution < 1.29 is 24.3 Å². The van der Waals surface area contributed by atoms with Crippen LogP contribution in [0, 0.1) is 0 Å². The Morgan fingerprint density at radius 2 is 1.60 bits per heavy atom. The minimum atomic E-state index is -1.07. The van der Waals surface area contributed by atoms with E-state index in [1.807, 2.05) is 0 Å². The van der Waals surface area contributed by atoms with Crippen molar-refractivity contribution in [1.29, 1.82) is 0 Å². The van der Waals surface area contributed by atoms with Crippen LogP contribution >= 0.6 is 11.8 Å². The second kappa shape index (κ2) is 10.1. The number of thioether (sulfide) groups is 1. The molecule has 0 radical (unpaired) electrons. The summed E-state index contributed by atoms with van der Waals surface area (Å²) in [4.78, 5) is 50.9. The lowest BCUT2D eigenvalue weighted by molar-refractivity contribution is -0.148. The van der Waals surface area contributed by atoms with Gasteiger partial charge in [-0.25, -0.2) is 4.79 Å². The van der Waals surface area contributed by atoms with E-state index in [1.54, 1.807) is 60.7 Å². The van der Waals surface area contributed by atoms with Crippen LogP contribution in [-0.4, -0.2) is 57.3 Å². The fraction of sp³-hybridized carbons (Fsp3) is 0.273. The average Bonchev–Trinajstić information content (AvgIpc) is 3.27. The summed E-state index contributed by atoms with van der Waals surface area (Å²) in [5, 5.41) is 11.9. The van der Waals surface area contributed by atoms with Gasteiger partial charge in [0.15, 0.2) is 0 Å². The van der Waals surface area contributed by atoms with Gasteiger partial charge in [-0.15, -0.1) is 0 Å². The van der Waals surface area contributed by atoms with Gasteiger partial charge in [0.2, 0.25) is 11.0 Å². The number of hydrogen-bond acceptors (Lipinski definition) is 5. The number of nitrogens with one attached hydrogen (secondary N) is 1. The molecule has 1 heterocycles. The number of carbonyl (C=O) groups is 4. The lowest BCUT2D eigenvalue weighted by Gasteiger charge is -2.27. The quantitative estimate of drug-likeness (QED) is 0.705. The third-order valence-electron chi connectivity index (χ3n) is 4.85. The minimum absolute atomic E-state index is 0.00791. The summed E-state index contributed by atoms with van der Waals surface area (Å²) in [6.07, 6.45) is 0.953. The van der Waals surface area contributed by atoms with E-state index in [9.17, 15) is 24.3 Å². The first-order chi connectivity index (χ1) is 14.5. The summed E-state index contributed by atoms with van der Waals surface area (Å²) in [6, 6.07) is 15.1. The molecule has 1 saturated heterocycles. The van der Waals surface area contributed by atoms with Gasteiger partial charge in [-0.3, -0.25) is 14.4 Å². The predicted molar refractivity (Wildman–Crippen MR) is 113 cm³/mol. The van der Waals surface area contributed by atoms with E-state index < -0.39 is 29.9 Å². The smallest absolute Gasteiger partial charge is 0.326 e. The number of likely N-dealkylation sites (tertiary alicyclic amines) is 1. The zero-order valence-corrected chi connectivity index (χ0v) is 17.0. The Labute approximate surface area is 178 Å². The summed E-state index contributed by atoms with van der Waals surface area (Å²) >= 11 is 0.923. The van der Waals surface area contributed by atoms with Crippen LogP contribution in [0.3, 0.4) is 0 Å². The van der Waals surface area contributed by atoms with Gasteiger partial charge in [0, 0.05) is 23.4 Å². The fourth-order valence-corrected chi connectivity index (χ4v) is 4.16. The van der Waals surface area contributed by atoms with Crippen molar-refractivity contribution in [2.24, 2.45) is 0 Å². The summed E-state index contributed by atoms with van der Waals surface area (Å²) in [5.74, 6) is -2.00. The maximum atomic E-state index is 13.1. The predicted octanol–water partition coefficient (Wildman–Crippen LogP) is 2.43. The molecule has 2 amide bonds. The SMILES string of the molecule is O=C(NC(CSC(=O)c1ccccc1)C(=O)N1CCC[C@H]1C(=O)O)c1ccccc1. The highest BCUT2D eigenvalue weighted by molar-refractivity contribution is 8.14. The van der Waals surface area contributed by atoms with Gasteiger partial charge in [0.1, 0.15) is 12.1 Å². The molecule has 0 aromatic heterocycles. The van der Waals surface area contributed by atoms with Gasteiger partial charge in [-0.1, -0.05) is 60.3 Å². The van der Waals surface area contributed by atoms with Crippen molar-refractivity contribution in [2.75, 3.05) is 12.3 Å². The number of carboxylic acid groups (broad SMARTS) is 1. The zero-order valence-electron chi connectivity index (χ0n) is 16.2. The molecule has 3 rings (SSSR count). The Balaban J connectivity index is 1.75. The molecule has 2 aromatic carbocycles. The van der Waals surface area contributed by atoms with Crippen LogP contribution in [0.25, 0.3) is 0 Å². The van der Waals surface area contributed by atoms with Crippen LogP contribution in [0.2, 0.25) is 0 Å². The molecule has 8 heteroatoms. The Kier molecular flexibility index (Phi) is 7.24. The number of benzene rings is 2. The Morgan fingerprint density at radius 3 is 2.20 bits per heavy atom. The summed E-state index contributed by atoms with van der Waals surface area (Å²) in [6.45, 7) is 0.310. The topological polar surface area (TPSA) is 104 Å². The zero-order chi connectivity index (χ0) is 21.5. The first-order valence-corrected chi connectivity index (χ1v) is 10.6. The van der Waals surface area contributed by atoms with Crippen molar-refractivity contribution >= 4 is 34.7 Å². The van der Waals surface area contributed by atoms with E-state index in [-0.39, 0.29) is 10.9 Å². The maximum Gasteiger partial charge on any atom is 0.326 e. The van der Waals surface area contributed by atoms with Crippen molar-refractivity contribution in [1.82, 2.24) is 10.2 Å². The fourth-order valence-electron chi connectivity index (χ4n) is 3.31. The Morgan fingerprint density at radius 1 is 1.00 bits per heavy atom. The van der Waals surface area contributed by atoms with Gasteiger partial charge in [-0.05, 0) is 25.0 Å². The molecule has 0 aliphatic carbocycles. The lowest BCUT2D eigenvalue weighted by Crippen LogP contribution is -2.52. The first-order valence-electron chi connectivity index (χ1n) is 9.58. The van der Waals surface area contributed by atoms with Crippen LogP contribution in [-0.2, 0) is 9.59 Å². The molecule has 1 fully saturated rings. The third-order valence-corrected chi connectivity index (χ3v) is 5.85. The van der Waals surface area contributed by atoms with Crippen molar-refractivity contribution in [3.05, 3.63) is 71.8 Å². The van der Waals surface area contributed by atoms with E-state index in [1.165, 1.54) is 4.90 Å². The van der Waals surface area contributed by atoms with Crippen molar-refractivity contribution in [3.8, 4) is 0 Å². The second-order valence-electron chi connectivity index (χ2n) is 6.88. The highest BCUT2D eigenvalue weighted by Crippen LogP contribution is 2.21. The number of hydrogen-bond donors (Lipinski definition) is 2. The summed E-state index contributed by atoms with van der Waals surface area (Å²) < 4.78 is 0. The molecule has 2 N–H and O–H groups in total. The number of aliphatic carboxylic acids is 1. The number of carbonyl (C=O) groups excluding carboxylic acids is 3. The van der Waals surface area contributed by atoms with Crippen LogP contribution in [0.4, 0.5) is 0 Å². The minimum Gasteiger partial charge on any atom is -0.480 e. The van der Waals surface area contributed by atoms with E-state index in [0.717, 1.165) is 11.8 Å². The lowest BCUT2D eigenvalue weighted by atomic mass is 10.1. The normalized spacial score (nSPS) is 16.7. The average molecular weight is 426 g/mol. The number of carboxylic acids is 1. The molecule has 0 saturated carbocycles. The number of nitrogens with zero attached hydrogens (tertiary/aromatic N) is 1. The maximum absolute atomic E-state index is 13.1. The monoisotopic (exact) mass is 426 g/mol. The van der Waals surface area contributed by atoms with E-state index >= 15 is 0 Å². The van der Waals surface area contributed by atoms with Gasteiger partial charge in [0.25, 0.3) is 5.91 Å². The molecule has 2 aromatic rings. The molecule has 156 valence electrons. The largest absolute Gasteiger partial charge is 0.480 e. The van der Waals surface area contributed by atoms with Gasteiger partial charge in [-0.2, -0.15) is 0 Å². The van der Waals surface area contributed by atoms with E-state index in [2.05, 4.69) is 5.32 Å². The molecule has 7 nitrogen and oxygen atoms in total. The van der Waals surface area contributed by atoms with Gasteiger partial charge in [0.05, 0.1) is 0 Å². The van der Waals surface area contributed by atoms with Gasteiger partial charge >= 0.3 is 5.97 Å². The van der Waals surface area contributed by atoms with E-state index in [4.69, 9.17) is 0 Å². The Bertz CT molecular complexity index is 920. The molecule has 2 atom stereocenters. The summed E-state index contributed by atoms with van der Waals surface area (Å²) in [7, 11) is 0. The molecule has 0 bridgehead atoms. The third kappa shape index (κ3) is 5.27. The molecule has 1 aliphatic heterocycles. The Hall–Kier alpha value is -3.13. The molecule has 30 heavy (non-hydrogen) atoms. The molecular formula is C22H22N2O5S. The first kappa shape index (κ1) is 21.6. The van der Waals surface area contributed by atoms with Crippen LogP contribution in [0.1, 0.15) is 33.6 Å². The molecule has 0 spiro atoms. The number of rotatable bonds is 7. The second-order valence-corrected chi connectivity index (χ2v) is 7.88. The van der Waals surface area contributed by atoms with Crippen molar-refractivity contribution in [3.63, 3.8) is 0 Å². The highest BCUT2D eigenvalue weighted by atomic mass is 32.2. The molecule has 1 unspecified atom stereocenters. The highest BCUT2D eigenvalue weighted by Gasteiger charge is 2.38. The van der Waals surface area contributed by atoms with Crippen LogP contribution in [0.5, 0.6) is 0 Å².